The molecule has 2 atom stereocenters. The monoisotopic (exact) mass is 297 g/mol. The Bertz CT molecular complexity index is 296. The molecule has 0 saturated carbocycles. The molecule has 0 bridgehead atoms. The van der Waals surface area contributed by atoms with Gasteiger partial charge in [0.05, 0.1) is 12.7 Å². The van der Waals surface area contributed by atoms with Gasteiger partial charge in [-0.05, 0) is 45.7 Å². The topological polar surface area (TPSA) is 27.7 Å². The van der Waals surface area contributed by atoms with Gasteiger partial charge >= 0.3 is 0 Å². The van der Waals surface area contributed by atoms with Gasteiger partial charge in [0.15, 0.2) is 0 Å². The Hall–Kier alpha value is -0.160. The zero-order valence-corrected chi connectivity index (χ0v) is 14.5. The van der Waals surface area contributed by atoms with Crippen LogP contribution in [0.3, 0.4) is 0 Å². The van der Waals surface area contributed by atoms with Gasteiger partial charge in [0, 0.05) is 38.3 Å². The molecule has 0 aromatic rings. The quantitative estimate of drug-likeness (QED) is 0.809. The third-order valence-electron chi connectivity index (χ3n) is 4.78. The highest BCUT2D eigenvalue weighted by molar-refractivity contribution is 4.81. The fourth-order valence-electron chi connectivity index (χ4n) is 3.50. The van der Waals surface area contributed by atoms with Crippen molar-refractivity contribution in [3.8, 4) is 0 Å². The predicted molar refractivity (Wildman–Crippen MR) is 88.8 cm³/mol. The maximum atomic E-state index is 6.00. The van der Waals surface area contributed by atoms with E-state index in [9.17, 15) is 0 Å². The van der Waals surface area contributed by atoms with Gasteiger partial charge in [-0.15, -0.1) is 0 Å². The predicted octanol–water partition coefficient (Wildman–Crippen LogP) is 1.81. The van der Waals surface area contributed by atoms with E-state index in [1.165, 1.54) is 25.9 Å². The second-order valence-corrected chi connectivity index (χ2v) is 7.41. The highest BCUT2D eigenvalue weighted by Crippen LogP contribution is 2.18. The standard InChI is InChI=1S/C17H35N3O/c1-14(2)18-10-16-6-5-7-19(11-16)12-17-13-20(15(3)4)8-9-21-17/h14-18H,5-13H2,1-4H3. The SMILES string of the molecule is CC(C)NCC1CCCN(CC2CN(C(C)C)CCO2)C1. The summed E-state index contributed by atoms with van der Waals surface area (Å²) in [5.41, 5.74) is 0. The van der Waals surface area contributed by atoms with Crippen LogP contribution in [0.15, 0.2) is 0 Å². The van der Waals surface area contributed by atoms with Crippen LogP contribution in [-0.2, 0) is 4.74 Å². The fourth-order valence-corrected chi connectivity index (χ4v) is 3.50. The molecule has 0 amide bonds. The molecule has 0 aromatic carbocycles. The molecule has 1 N–H and O–H groups in total. The van der Waals surface area contributed by atoms with Crippen molar-refractivity contribution in [2.24, 2.45) is 5.92 Å². The summed E-state index contributed by atoms with van der Waals surface area (Å²) >= 11 is 0. The Kier molecular flexibility index (Phi) is 6.93. The second-order valence-electron chi connectivity index (χ2n) is 7.41. The summed E-state index contributed by atoms with van der Waals surface area (Å²) in [6.07, 6.45) is 3.11. The van der Waals surface area contributed by atoms with Crippen molar-refractivity contribution in [3.05, 3.63) is 0 Å². The number of rotatable bonds is 6. The van der Waals surface area contributed by atoms with Crippen molar-refractivity contribution in [3.63, 3.8) is 0 Å². The van der Waals surface area contributed by atoms with Crippen LogP contribution in [0.2, 0.25) is 0 Å². The van der Waals surface area contributed by atoms with Gasteiger partial charge in [-0.2, -0.15) is 0 Å². The highest BCUT2D eigenvalue weighted by atomic mass is 16.5. The summed E-state index contributed by atoms with van der Waals surface area (Å²) in [4.78, 5) is 5.18. The molecule has 2 fully saturated rings. The van der Waals surface area contributed by atoms with Crippen LogP contribution in [0.4, 0.5) is 0 Å². The van der Waals surface area contributed by atoms with Gasteiger partial charge < -0.3 is 15.0 Å². The fraction of sp³-hybridized carbons (Fsp3) is 1.00. The molecule has 2 saturated heterocycles. The lowest BCUT2D eigenvalue weighted by molar-refractivity contribution is -0.0559. The number of hydrogen-bond donors (Lipinski definition) is 1. The second kappa shape index (κ2) is 8.47. The van der Waals surface area contributed by atoms with E-state index in [1.54, 1.807) is 0 Å². The zero-order chi connectivity index (χ0) is 15.2. The molecule has 4 heteroatoms. The number of piperidine rings is 1. The molecule has 0 aromatic heterocycles. The van der Waals surface area contributed by atoms with Crippen LogP contribution in [0.25, 0.3) is 0 Å². The summed E-state index contributed by atoms with van der Waals surface area (Å²) in [5, 5.41) is 3.60. The number of hydrogen-bond acceptors (Lipinski definition) is 4. The minimum atomic E-state index is 0.401. The Morgan fingerprint density at radius 2 is 1.95 bits per heavy atom. The van der Waals surface area contributed by atoms with Crippen LogP contribution in [-0.4, -0.2) is 73.9 Å². The Morgan fingerprint density at radius 1 is 1.14 bits per heavy atom. The lowest BCUT2D eigenvalue weighted by Crippen LogP contribution is -2.51. The lowest BCUT2D eigenvalue weighted by Gasteiger charge is -2.40. The summed E-state index contributed by atoms with van der Waals surface area (Å²) in [5.74, 6) is 0.811. The molecule has 4 nitrogen and oxygen atoms in total. The summed E-state index contributed by atoms with van der Waals surface area (Å²) < 4.78 is 6.00. The summed E-state index contributed by atoms with van der Waals surface area (Å²) in [7, 11) is 0. The van der Waals surface area contributed by atoms with Crippen molar-refractivity contribution in [2.45, 2.75) is 58.7 Å². The maximum absolute atomic E-state index is 6.00. The number of ether oxygens (including phenoxy) is 1. The Balaban J connectivity index is 1.74. The summed E-state index contributed by atoms with van der Waals surface area (Å²) in [6.45, 7) is 16.9. The summed E-state index contributed by atoms with van der Waals surface area (Å²) in [6, 6.07) is 1.24. The van der Waals surface area contributed by atoms with E-state index in [-0.39, 0.29) is 0 Å². The van der Waals surface area contributed by atoms with E-state index in [4.69, 9.17) is 4.74 Å². The van der Waals surface area contributed by atoms with Gasteiger partial charge in [0.2, 0.25) is 0 Å². The third-order valence-corrected chi connectivity index (χ3v) is 4.78. The molecule has 2 aliphatic rings. The van der Waals surface area contributed by atoms with Crippen molar-refractivity contribution in [1.82, 2.24) is 15.1 Å². The molecule has 0 spiro atoms. The molecule has 2 heterocycles. The molecule has 2 unspecified atom stereocenters. The number of morpholine rings is 1. The molecule has 2 rings (SSSR count). The molecule has 0 radical (unpaired) electrons. The van der Waals surface area contributed by atoms with E-state index in [0.717, 1.165) is 38.7 Å². The van der Waals surface area contributed by atoms with E-state index >= 15 is 0 Å². The van der Waals surface area contributed by atoms with Crippen molar-refractivity contribution < 1.29 is 4.74 Å². The Labute approximate surface area is 131 Å². The van der Waals surface area contributed by atoms with Gasteiger partial charge in [-0.1, -0.05) is 13.8 Å². The highest BCUT2D eigenvalue weighted by Gasteiger charge is 2.26. The number of nitrogens with zero attached hydrogens (tertiary/aromatic N) is 2. The van der Waals surface area contributed by atoms with Crippen molar-refractivity contribution >= 4 is 0 Å². The van der Waals surface area contributed by atoms with Gasteiger partial charge in [0.1, 0.15) is 0 Å². The minimum absolute atomic E-state index is 0.401. The molecule has 124 valence electrons. The first kappa shape index (κ1) is 17.2. The number of nitrogens with one attached hydrogen (secondary N) is 1. The molecule has 2 aliphatic heterocycles. The normalized spacial score (nSPS) is 29.4. The van der Waals surface area contributed by atoms with Crippen LogP contribution >= 0.6 is 0 Å². The van der Waals surface area contributed by atoms with Gasteiger partial charge in [-0.25, -0.2) is 0 Å². The minimum Gasteiger partial charge on any atom is -0.374 e. The van der Waals surface area contributed by atoms with Crippen LogP contribution in [0.1, 0.15) is 40.5 Å². The van der Waals surface area contributed by atoms with E-state index < -0.39 is 0 Å². The molecule has 0 aliphatic carbocycles. The molecule has 21 heavy (non-hydrogen) atoms. The van der Waals surface area contributed by atoms with E-state index in [0.29, 0.717) is 18.2 Å². The van der Waals surface area contributed by atoms with Crippen LogP contribution in [0.5, 0.6) is 0 Å². The number of likely N-dealkylation sites (tertiary alicyclic amines) is 1. The molecular weight excluding hydrogens is 262 g/mol. The van der Waals surface area contributed by atoms with Crippen LogP contribution < -0.4 is 5.32 Å². The Morgan fingerprint density at radius 3 is 2.67 bits per heavy atom. The van der Waals surface area contributed by atoms with Crippen molar-refractivity contribution in [2.75, 3.05) is 45.9 Å². The van der Waals surface area contributed by atoms with Crippen molar-refractivity contribution in [1.29, 1.82) is 0 Å². The average Bonchev–Trinajstić information content (AvgIpc) is 2.46. The zero-order valence-electron chi connectivity index (χ0n) is 14.5. The first-order valence-electron chi connectivity index (χ1n) is 8.86. The lowest BCUT2D eigenvalue weighted by atomic mass is 9.97. The molecular formula is C17H35N3O. The van der Waals surface area contributed by atoms with Crippen LogP contribution in [0, 0.1) is 5.92 Å². The average molecular weight is 297 g/mol. The first-order chi connectivity index (χ1) is 10.0. The largest absolute Gasteiger partial charge is 0.374 e. The first-order valence-corrected chi connectivity index (χ1v) is 8.86. The third kappa shape index (κ3) is 5.85. The van der Waals surface area contributed by atoms with E-state index in [2.05, 4.69) is 42.8 Å². The van der Waals surface area contributed by atoms with Gasteiger partial charge in [-0.3, -0.25) is 4.90 Å². The van der Waals surface area contributed by atoms with Gasteiger partial charge in [0.25, 0.3) is 0 Å². The maximum Gasteiger partial charge on any atom is 0.0829 e. The smallest absolute Gasteiger partial charge is 0.0829 e. The van der Waals surface area contributed by atoms with E-state index in [1.807, 2.05) is 0 Å².